The van der Waals surface area contributed by atoms with Gasteiger partial charge in [0.25, 0.3) is 0 Å². The molecular weight excluding hydrogens is 230 g/mol. The third-order valence-electron chi connectivity index (χ3n) is 3.06. The average Bonchev–Trinajstić information content (AvgIpc) is 2.40. The van der Waals surface area contributed by atoms with Gasteiger partial charge in [0.1, 0.15) is 11.4 Å². The van der Waals surface area contributed by atoms with E-state index in [1.54, 1.807) is 25.3 Å². The fourth-order valence-corrected chi connectivity index (χ4v) is 2.15. The zero-order chi connectivity index (χ0) is 13.0. The molecule has 0 bridgehead atoms. The van der Waals surface area contributed by atoms with E-state index in [2.05, 4.69) is 22.1 Å². The molecule has 1 aromatic heterocycles. The van der Waals surface area contributed by atoms with Crippen LogP contribution in [0, 0.1) is 0 Å². The third-order valence-corrected chi connectivity index (χ3v) is 3.06. The van der Waals surface area contributed by atoms with Crippen molar-refractivity contribution in [2.75, 3.05) is 31.1 Å². The molecule has 1 unspecified atom stereocenters. The smallest absolute Gasteiger partial charge is 0.341 e. The molecule has 0 aromatic carbocycles. The molecule has 0 radical (unpaired) electrons. The van der Waals surface area contributed by atoms with Crippen molar-refractivity contribution >= 4 is 11.8 Å². The van der Waals surface area contributed by atoms with Gasteiger partial charge in [-0.05, 0) is 26.0 Å². The van der Waals surface area contributed by atoms with Gasteiger partial charge in [-0.1, -0.05) is 0 Å². The van der Waals surface area contributed by atoms with Crippen molar-refractivity contribution in [1.29, 1.82) is 0 Å². The van der Waals surface area contributed by atoms with Gasteiger partial charge in [0.2, 0.25) is 0 Å². The quantitative estimate of drug-likeness (QED) is 0.812. The van der Waals surface area contributed by atoms with Crippen LogP contribution in [0.5, 0.6) is 0 Å². The van der Waals surface area contributed by atoms with E-state index in [9.17, 15) is 4.79 Å². The number of nitrogens with one attached hydrogen (secondary N) is 1. The number of ether oxygens (including phenoxy) is 1. The van der Waals surface area contributed by atoms with Crippen LogP contribution < -0.4 is 10.2 Å². The average molecular weight is 249 g/mol. The second-order valence-electron chi connectivity index (χ2n) is 4.34. The summed E-state index contributed by atoms with van der Waals surface area (Å²) < 4.78 is 5.07. The van der Waals surface area contributed by atoms with Gasteiger partial charge in [0.05, 0.1) is 6.61 Å². The maximum atomic E-state index is 11.9. The predicted octanol–water partition coefficient (Wildman–Crippen LogP) is 1.06. The van der Waals surface area contributed by atoms with E-state index in [1.807, 2.05) is 0 Å². The number of hydrogen-bond acceptors (Lipinski definition) is 5. The van der Waals surface area contributed by atoms with Gasteiger partial charge in [-0.2, -0.15) is 0 Å². The van der Waals surface area contributed by atoms with E-state index in [0.717, 1.165) is 25.5 Å². The number of hydrogen-bond donors (Lipinski definition) is 1. The van der Waals surface area contributed by atoms with Gasteiger partial charge in [-0.25, -0.2) is 9.78 Å². The van der Waals surface area contributed by atoms with Gasteiger partial charge < -0.3 is 15.0 Å². The molecule has 1 aliphatic rings. The van der Waals surface area contributed by atoms with Crippen molar-refractivity contribution < 1.29 is 9.53 Å². The molecule has 98 valence electrons. The number of carbonyl (C=O) groups excluding carboxylic acids is 1. The first-order valence-electron chi connectivity index (χ1n) is 6.33. The number of carbonyl (C=O) groups is 1. The van der Waals surface area contributed by atoms with Gasteiger partial charge in [0.15, 0.2) is 0 Å². The summed E-state index contributed by atoms with van der Waals surface area (Å²) in [5, 5.41) is 3.32. The monoisotopic (exact) mass is 249 g/mol. The van der Waals surface area contributed by atoms with Crippen LogP contribution in [-0.2, 0) is 4.74 Å². The van der Waals surface area contributed by atoms with Crippen molar-refractivity contribution in [3.8, 4) is 0 Å². The molecule has 2 heterocycles. The second-order valence-corrected chi connectivity index (χ2v) is 4.34. The van der Waals surface area contributed by atoms with Crippen molar-refractivity contribution in [3.63, 3.8) is 0 Å². The Hall–Kier alpha value is -1.62. The molecule has 1 atom stereocenters. The van der Waals surface area contributed by atoms with E-state index < -0.39 is 0 Å². The Kier molecular flexibility index (Phi) is 4.15. The third kappa shape index (κ3) is 2.61. The Morgan fingerprint density at radius 3 is 3.22 bits per heavy atom. The van der Waals surface area contributed by atoms with Crippen molar-refractivity contribution in [2.45, 2.75) is 19.9 Å². The van der Waals surface area contributed by atoms with Crippen LogP contribution in [0.3, 0.4) is 0 Å². The Bertz CT molecular complexity index is 422. The number of anilines is 1. The highest BCUT2D eigenvalue weighted by Crippen LogP contribution is 2.21. The Labute approximate surface area is 107 Å². The topological polar surface area (TPSA) is 54.5 Å². The van der Waals surface area contributed by atoms with Crippen LogP contribution in [-0.4, -0.2) is 43.2 Å². The highest BCUT2D eigenvalue weighted by atomic mass is 16.5. The summed E-state index contributed by atoms with van der Waals surface area (Å²) in [5.41, 5.74) is 0.549. The fraction of sp³-hybridized carbons (Fsp3) is 0.538. The fourth-order valence-electron chi connectivity index (χ4n) is 2.15. The molecule has 0 amide bonds. The van der Waals surface area contributed by atoms with E-state index >= 15 is 0 Å². The molecule has 5 nitrogen and oxygen atoms in total. The van der Waals surface area contributed by atoms with Gasteiger partial charge in [-0.3, -0.25) is 0 Å². The zero-order valence-corrected chi connectivity index (χ0v) is 10.8. The van der Waals surface area contributed by atoms with Crippen LogP contribution in [0.4, 0.5) is 5.82 Å². The number of rotatable bonds is 3. The van der Waals surface area contributed by atoms with Crippen molar-refractivity contribution in [2.24, 2.45) is 0 Å². The summed E-state index contributed by atoms with van der Waals surface area (Å²) in [6.07, 6.45) is 1.72. The molecule has 0 saturated carbocycles. The Balaban J connectivity index is 2.28. The summed E-state index contributed by atoms with van der Waals surface area (Å²) in [7, 11) is 0. The van der Waals surface area contributed by atoms with Crippen LogP contribution >= 0.6 is 0 Å². The first-order valence-corrected chi connectivity index (χ1v) is 6.33. The number of piperazine rings is 1. The standard InChI is InChI=1S/C13H19N3O2/c1-3-18-13(17)11-5-4-6-15-12(11)16-8-7-14-9-10(16)2/h4-6,10,14H,3,7-9H2,1-2H3. The molecule has 1 fully saturated rings. The lowest BCUT2D eigenvalue weighted by Gasteiger charge is -2.35. The van der Waals surface area contributed by atoms with Crippen LogP contribution in [0.25, 0.3) is 0 Å². The highest BCUT2D eigenvalue weighted by molar-refractivity contribution is 5.94. The van der Waals surface area contributed by atoms with Crippen LogP contribution in [0.2, 0.25) is 0 Å². The molecule has 1 aliphatic heterocycles. The number of nitrogens with zero attached hydrogens (tertiary/aromatic N) is 2. The Morgan fingerprint density at radius 1 is 1.67 bits per heavy atom. The van der Waals surface area contributed by atoms with E-state index in [-0.39, 0.29) is 5.97 Å². The minimum atomic E-state index is -0.300. The lowest BCUT2D eigenvalue weighted by molar-refractivity contribution is 0.0526. The van der Waals surface area contributed by atoms with Gasteiger partial charge in [0, 0.05) is 31.9 Å². The predicted molar refractivity (Wildman–Crippen MR) is 69.9 cm³/mol. The first kappa shape index (κ1) is 12.8. The number of pyridine rings is 1. The molecule has 5 heteroatoms. The lowest BCUT2D eigenvalue weighted by Crippen LogP contribution is -2.50. The number of esters is 1. The molecule has 18 heavy (non-hydrogen) atoms. The Morgan fingerprint density at radius 2 is 2.50 bits per heavy atom. The highest BCUT2D eigenvalue weighted by Gasteiger charge is 2.24. The summed E-state index contributed by atoms with van der Waals surface area (Å²) >= 11 is 0. The minimum Gasteiger partial charge on any atom is -0.462 e. The molecule has 1 saturated heterocycles. The van der Waals surface area contributed by atoms with Gasteiger partial charge >= 0.3 is 5.97 Å². The van der Waals surface area contributed by atoms with E-state index in [0.29, 0.717) is 18.2 Å². The molecule has 0 aliphatic carbocycles. The molecule has 0 spiro atoms. The molecular formula is C13H19N3O2. The maximum absolute atomic E-state index is 11.9. The van der Waals surface area contributed by atoms with Crippen molar-refractivity contribution in [1.82, 2.24) is 10.3 Å². The summed E-state index contributed by atoms with van der Waals surface area (Å²) in [6, 6.07) is 3.86. The minimum absolute atomic E-state index is 0.300. The van der Waals surface area contributed by atoms with Crippen LogP contribution in [0.1, 0.15) is 24.2 Å². The SMILES string of the molecule is CCOC(=O)c1cccnc1N1CCNCC1C. The summed E-state index contributed by atoms with van der Waals surface area (Å²) in [6.45, 7) is 6.97. The van der Waals surface area contributed by atoms with E-state index in [1.165, 1.54) is 0 Å². The largest absolute Gasteiger partial charge is 0.462 e. The van der Waals surface area contributed by atoms with Gasteiger partial charge in [-0.15, -0.1) is 0 Å². The van der Waals surface area contributed by atoms with E-state index in [4.69, 9.17) is 4.74 Å². The lowest BCUT2D eigenvalue weighted by atomic mass is 10.1. The first-order chi connectivity index (χ1) is 8.74. The maximum Gasteiger partial charge on any atom is 0.341 e. The summed E-state index contributed by atoms with van der Waals surface area (Å²) in [4.78, 5) is 18.4. The second kappa shape index (κ2) is 5.82. The molecule has 1 N–H and O–H groups in total. The summed E-state index contributed by atoms with van der Waals surface area (Å²) in [5.74, 6) is 0.427. The molecule has 2 rings (SSSR count). The van der Waals surface area contributed by atoms with Crippen LogP contribution in [0.15, 0.2) is 18.3 Å². The van der Waals surface area contributed by atoms with Crippen molar-refractivity contribution in [3.05, 3.63) is 23.9 Å². The number of aromatic nitrogens is 1. The molecule has 1 aromatic rings. The zero-order valence-electron chi connectivity index (χ0n) is 10.8. The normalized spacial score (nSPS) is 19.7.